The summed E-state index contributed by atoms with van der Waals surface area (Å²) >= 11 is 0. The lowest BCUT2D eigenvalue weighted by atomic mass is 9.76. The van der Waals surface area contributed by atoms with Crippen molar-refractivity contribution in [2.24, 2.45) is 5.41 Å². The maximum Gasteiger partial charge on any atom is 0.165 e. The molecule has 0 fully saturated rings. The largest absolute Gasteiger partial charge is 0.347 e. The number of imidazole rings is 1. The minimum atomic E-state index is 0.0447. The molecule has 0 saturated heterocycles. The highest BCUT2D eigenvalue weighted by Gasteiger charge is 2.33. The van der Waals surface area contributed by atoms with Crippen molar-refractivity contribution in [2.45, 2.75) is 39.7 Å². The summed E-state index contributed by atoms with van der Waals surface area (Å²) in [4.78, 5) is 19.6. The molecule has 19 heavy (non-hydrogen) atoms. The van der Waals surface area contributed by atoms with Crippen LogP contribution in [0.3, 0.4) is 0 Å². The second kappa shape index (κ2) is 4.08. The molecule has 1 unspecified atom stereocenters. The summed E-state index contributed by atoms with van der Waals surface area (Å²) in [6, 6.07) is 2.08. The maximum atomic E-state index is 12.2. The van der Waals surface area contributed by atoms with Gasteiger partial charge < -0.3 is 9.55 Å². The molecule has 0 aromatic carbocycles. The van der Waals surface area contributed by atoms with Gasteiger partial charge in [0.15, 0.2) is 5.78 Å². The first-order valence-electron chi connectivity index (χ1n) is 6.70. The van der Waals surface area contributed by atoms with Gasteiger partial charge in [-0.15, -0.1) is 0 Å². The zero-order chi connectivity index (χ0) is 13.6. The van der Waals surface area contributed by atoms with E-state index < -0.39 is 0 Å². The molecule has 0 saturated carbocycles. The lowest BCUT2D eigenvalue weighted by molar-refractivity contribution is 0.0909. The molecule has 1 N–H and O–H groups in total. The van der Waals surface area contributed by atoms with E-state index in [1.807, 2.05) is 18.5 Å². The van der Waals surface area contributed by atoms with Crippen LogP contribution in [0.4, 0.5) is 0 Å². The average molecular weight is 257 g/mol. The molecule has 2 aromatic rings. The maximum absolute atomic E-state index is 12.2. The van der Waals surface area contributed by atoms with Crippen molar-refractivity contribution in [3.8, 4) is 0 Å². The Bertz CT molecular complexity index is 607. The van der Waals surface area contributed by atoms with Gasteiger partial charge >= 0.3 is 0 Å². The molecule has 100 valence electrons. The Balaban J connectivity index is 2.04. The number of nitrogens with zero attached hydrogens (tertiary/aromatic N) is 2. The van der Waals surface area contributed by atoms with Crippen molar-refractivity contribution in [2.75, 3.05) is 0 Å². The number of fused-ring (bicyclic) bond motifs is 1. The summed E-state index contributed by atoms with van der Waals surface area (Å²) in [5.41, 5.74) is 2.08. The number of ketones is 1. The fourth-order valence-corrected chi connectivity index (χ4v) is 2.97. The molecule has 0 spiro atoms. The molecule has 4 heteroatoms. The Kier molecular flexibility index (Phi) is 2.62. The van der Waals surface area contributed by atoms with Crippen LogP contribution in [0.15, 0.2) is 24.7 Å². The number of H-pyrrole nitrogens is 1. The lowest BCUT2D eigenvalue weighted by Gasteiger charge is -2.30. The van der Waals surface area contributed by atoms with Gasteiger partial charge in [0.2, 0.25) is 0 Å². The molecule has 1 aliphatic rings. The standard InChI is InChI=1S/C15H19N3O/c1-10(14-16-5-6-17-14)18-7-4-11-12(18)8-15(2,3)9-13(11)19/h4-7,10H,8-9H2,1-3H3,(H,16,17). The molecule has 1 atom stereocenters. The summed E-state index contributed by atoms with van der Waals surface area (Å²) < 4.78 is 2.17. The monoisotopic (exact) mass is 257 g/mol. The van der Waals surface area contributed by atoms with Gasteiger partial charge in [0, 0.05) is 36.3 Å². The predicted molar refractivity (Wildman–Crippen MR) is 73.3 cm³/mol. The molecule has 0 radical (unpaired) electrons. The van der Waals surface area contributed by atoms with Gasteiger partial charge in [-0.25, -0.2) is 4.98 Å². The van der Waals surface area contributed by atoms with Crippen molar-refractivity contribution >= 4 is 5.78 Å². The molecular formula is C15H19N3O. The number of hydrogen-bond acceptors (Lipinski definition) is 2. The summed E-state index contributed by atoms with van der Waals surface area (Å²) in [6.07, 6.45) is 7.18. The number of aromatic amines is 1. The van der Waals surface area contributed by atoms with E-state index in [0.717, 1.165) is 23.5 Å². The minimum Gasteiger partial charge on any atom is -0.347 e. The lowest BCUT2D eigenvalue weighted by Crippen LogP contribution is -2.28. The number of hydrogen-bond donors (Lipinski definition) is 1. The third-order valence-corrected chi connectivity index (χ3v) is 3.94. The Morgan fingerprint density at radius 2 is 2.21 bits per heavy atom. The van der Waals surface area contributed by atoms with Crippen LogP contribution in [-0.4, -0.2) is 20.3 Å². The van der Waals surface area contributed by atoms with Crippen molar-refractivity contribution in [1.29, 1.82) is 0 Å². The number of Topliss-reactive ketones (excluding diaryl/α,β-unsaturated/α-hetero) is 1. The number of carbonyl (C=O) groups is 1. The van der Waals surface area contributed by atoms with E-state index in [9.17, 15) is 4.79 Å². The van der Waals surface area contributed by atoms with E-state index in [4.69, 9.17) is 0 Å². The van der Waals surface area contributed by atoms with Crippen LogP contribution < -0.4 is 0 Å². The zero-order valence-electron chi connectivity index (χ0n) is 11.6. The first-order chi connectivity index (χ1) is 8.98. The highest BCUT2D eigenvalue weighted by molar-refractivity contribution is 5.98. The summed E-state index contributed by atoms with van der Waals surface area (Å²) in [6.45, 7) is 6.41. The van der Waals surface area contributed by atoms with Crippen molar-refractivity contribution < 1.29 is 4.79 Å². The quantitative estimate of drug-likeness (QED) is 0.899. The number of rotatable bonds is 2. The second-order valence-electron chi connectivity index (χ2n) is 6.17. The van der Waals surface area contributed by atoms with Gasteiger partial charge in [-0.05, 0) is 24.8 Å². The van der Waals surface area contributed by atoms with Crippen LogP contribution in [0, 0.1) is 5.41 Å². The van der Waals surface area contributed by atoms with Gasteiger partial charge in [0.05, 0.1) is 6.04 Å². The Morgan fingerprint density at radius 3 is 2.89 bits per heavy atom. The van der Waals surface area contributed by atoms with E-state index in [-0.39, 0.29) is 17.2 Å². The van der Waals surface area contributed by atoms with Crippen LogP contribution in [0.25, 0.3) is 0 Å². The van der Waals surface area contributed by atoms with Crippen LogP contribution in [0.2, 0.25) is 0 Å². The van der Waals surface area contributed by atoms with E-state index in [1.54, 1.807) is 6.20 Å². The van der Waals surface area contributed by atoms with Crippen LogP contribution in [0.1, 0.15) is 55.1 Å². The topological polar surface area (TPSA) is 50.7 Å². The Labute approximate surface area is 112 Å². The van der Waals surface area contributed by atoms with E-state index in [0.29, 0.717) is 6.42 Å². The molecule has 0 aliphatic heterocycles. The SMILES string of the molecule is CC(c1ncc[nH]1)n1ccc2c1CC(C)(C)CC2=O. The van der Waals surface area contributed by atoms with Gasteiger partial charge in [-0.3, -0.25) is 4.79 Å². The Morgan fingerprint density at radius 1 is 1.42 bits per heavy atom. The van der Waals surface area contributed by atoms with Crippen molar-refractivity contribution in [3.63, 3.8) is 0 Å². The van der Waals surface area contributed by atoms with Crippen molar-refractivity contribution in [1.82, 2.24) is 14.5 Å². The highest BCUT2D eigenvalue weighted by atomic mass is 16.1. The molecule has 3 rings (SSSR count). The smallest absolute Gasteiger partial charge is 0.165 e. The normalized spacial score (nSPS) is 19.2. The summed E-state index contributed by atoms with van der Waals surface area (Å²) in [7, 11) is 0. The predicted octanol–water partition coefficient (Wildman–Crippen LogP) is 2.98. The van der Waals surface area contributed by atoms with Gasteiger partial charge in [0.25, 0.3) is 0 Å². The van der Waals surface area contributed by atoms with E-state index in [2.05, 4.69) is 35.3 Å². The molecule has 2 aromatic heterocycles. The van der Waals surface area contributed by atoms with Gasteiger partial charge in [-0.2, -0.15) is 0 Å². The average Bonchev–Trinajstić information content (AvgIpc) is 2.94. The van der Waals surface area contributed by atoms with Gasteiger partial charge in [0.1, 0.15) is 5.82 Å². The molecule has 0 bridgehead atoms. The molecule has 4 nitrogen and oxygen atoms in total. The first kappa shape index (κ1) is 12.2. The van der Waals surface area contributed by atoms with E-state index >= 15 is 0 Å². The van der Waals surface area contributed by atoms with E-state index in [1.165, 1.54) is 0 Å². The zero-order valence-corrected chi connectivity index (χ0v) is 11.6. The molecule has 1 aliphatic carbocycles. The summed E-state index contributed by atoms with van der Waals surface area (Å²) in [5.74, 6) is 1.19. The highest BCUT2D eigenvalue weighted by Crippen LogP contribution is 2.36. The minimum absolute atomic E-state index is 0.0447. The third-order valence-electron chi connectivity index (χ3n) is 3.94. The second-order valence-corrected chi connectivity index (χ2v) is 6.17. The fourth-order valence-electron chi connectivity index (χ4n) is 2.97. The molecular weight excluding hydrogens is 238 g/mol. The number of carbonyl (C=O) groups excluding carboxylic acids is 1. The summed E-state index contributed by atoms with van der Waals surface area (Å²) in [5, 5.41) is 0. The third kappa shape index (κ3) is 2.01. The first-order valence-corrected chi connectivity index (χ1v) is 6.70. The van der Waals surface area contributed by atoms with Crippen LogP contribution in [-0.2, 0) is 6.42 Å². The fraction of sp³-hybridized carbons (Fsp3) is 0.467. The van der Waals surface area contributed by atoms with Crippen LogP contribution in [0.5, 0.6) is 0 Å². The number of nitrogens with one attached hydrogen (secondary N) is 1. The molecule has 0 amide bonds. The Hall–Kier alpha value is -1.84. The number of aromatic nitrogens is 3. The van der Waals surface area contributed by atoms with Crippen molar-refractivity contribution in [3.05, 3.63) is 41.7 Å². The van der Waals surface area contributed by atoms with Gasteiger partial charge in [-0.1, -0.05) is 13.8 Å². The van der Waals surface area contributed by atoms with Crippen LogP contribution >= 0.6 is 0 Å². The molecule has 2 heterocycles.